The molecular formula is C15H26O4S. The Hall–Kier alpha value is -0.420. The second-order valence-corrected chi connectivity index (χ2v) is 8.47. The highest BCUT2D eigenvalue weighted by Gasteiger charge is 2.44. The van der Waals surface area contributed by atoms with Gasteiger partial charge in [0.2, 0.25) is 0 Å². The summed E-state index contributed by atoms with van der Waals surface area (Å²) in [6.07, 6.45) is 6.55. The first-order chi connectivity index (χ1) is 9.30. The van der Waals surface area contributed by atoms with Gasteiger partial charge in [-0.2, -0.15) is 8.42 Å². The number of hydrogen-bond donors (Lipinski definition) is 1. The van der Waals surface area contributed by atoms with Gasteiger partial charge in [-0.1, -0.05) is 33.1 Å². The molecule has 0 spiro atoms. The van der Waals surface area contributed by atoms with E-state index in [1.807, 2.05) is 13.8 Å². The largest absolute Gasteiger partial charge is 0.299 e. The van der Waals surface area contributed by atoms with E-state index in [-0.39, 0.29) is 29.5 Å². The summed E-state index contributed by atoms with van der Waals surface area (Å²) in [5.41, 5.74) is 0. The number of rotatable bonds is 3. The van der Waals surface area contributed by atoms with Gasteiger partial charge in [0, 0.05) is 11.8 Å². The van der Waals surface area contributed by atoms with Crippen molar-refractivity contribution in [1.82, 2.24) is 0 Å². The third kappa shape index (κ3) is 3.42. The van der Waals surface area contributed by atoms with Crippen LogP contribution in [-0.2, 0) is 14.9 Å². The average molecular weight is 302 g/mol. The second-order valence-electron chi connectivity index (χ2n) is 6.83. The minimum Gasteiger partial charge on any atom is -0.299 e. The maximum atomic E-state index is 12.7. The molecule has 0 radical (unpaired) electrons. The number of hydrogen-bond acceptors (Lipinski definition) is 3. The molecule has 5 heteroatoms. The Morgan fingerprint density at radius 2 is 1.65 bits per heavy atom. The molecule has 0 saturated heterocycles. The standard InChI is InChI=1S/C15H26O4S/c1-10-8-13(11(2)14(9-10)20(17,18)19)15(16)12-6-4-3-5-7-12/h10-14H,3-9H2,1-2H3,(H,17,18,19). The highest BCUT2D eigenvalue weighted by atomic mass is 32.2. The summed E-state index contributed by atoms with van der Waals surface area (Å²) in [4.78, 5) is 12.7. The topological polar surface area (TPSA) is 71.4 Å². The van der Waals surface area contributed by atoms with Crippen molar-refractivity contribution in [2.24, 2.45) is 23.7 Å². The van der Waals surface area contributed by atoms with Gasteiger partial charge in [0.15, 0.2) is 0 Å². The molecule has 116 valence electrons. The van der Waals surface area contributed by atoms with Gasteiger partial charge in [0.1, 0.15) is 5.78 Å². The minimum absolute atomic E-state index is 0.114. The fourth-order valence-corrected chi connectivity index (χ4v) is 5.38. The molecule has 2 aliphatic carbocycles. The SMILES string of the molecule is CC1CC(C(=O)C2CCCCC2)C(C)C(S(=O)(=O)O)C1. The number of carbonyl (C=O) groups is 1. The monoisotopic (exact) mass is 302 g/mol. The van der Waals surface area contributed by atoms with E-state index in [4.69, 9.17) is 0 Å². The van der Waals surface area contributed by atoms with E-state index in [2.05, 4.69) is 0 Å². The maximum absolute atomic E-state index is 12.7. The summed E-state index contributed by atoms with van der Waals surface area (Å²) >= 11 is 0. The van der Waals surface area contributed by atoms with Crippen LogP contribution in [0.3, 0.4) is 0 Å². The predicted octanol–water partition coefficient (Wildman–Crippen LogP) is 3.07. The lowest BCUT2D eigenvalue weighted by Gasteiger charge is -2.38. The van der Waals surface area contributed by atoms with E-state index in [1.54, 1.807) is 0 Å². The Labute approximate surface area is 122 Å². The first-order valence-corrected chi connectivity index (χ1v) is 9.31. The van der Waals surface area contributed by atoms with Crippen molar-refractivity contribution in [3.05, 3.63) is 0 Å². The van der Waals surface area contributed by atoms with Crippen molar-refractivity contribution in [3.8, 4) is 0 Å². The molecule has 2 saturated carbocycles. The molecule has 2 aliphatic rings. The second kappa shape index (κ2) is 6.14. The number of Topliss-reactive ketones (excluding diaryl/α,β-unsaturated/α-hetero) is 1. The van der Waals surface area contributed by atoms with E-state index in [0.29, 0.717) is 6.42 Å². The summed E-state index contributed by atoms with van der Waals surface area (Å²) in [7, 11) is -4.06. The lowest BCUT2D eigenvalue weighted by atomic mass is 9.69. The summed E-state index contributed by atoms with van der Waals surface area (Å²) < 4.78 is 32.5. The molecule has 0 aromatic heterocycles. The molecule has 4 atom stereocenters. The number of carbonyl (C=O) groups excluding carboxylic acids is 1. The van der Waals surface area contributed by atoms with Crippen LogP contribution in [0, 0.1) is 23.7 Å². The zero-order valence-corrected chi connectivity index (χ0v) is 13.2. The zero-order valence-electron chi connectivity index (χ0n) is 12.4. The van der Waals surface area contributed by atoms with Gasteiger partial charge in [-0.15, -0.1) is 0 Å². The Balaban J connectivity index is 2.15. The van der Waals surface area contributed by atoms with Crippen LogP contribution in [-0.4, -0.2) is 24.0 Å². The van der Waals surface area contributed by atoms with E-state index in [9.17, 15) is 17.8 Å². The van der Waals surface area contributed by atoms with Crippen LogP contribution in [0.2, 0.25) is 0 Å². The van der Waals surface area contributed by atoms with Crippen LogP contribution in [0.5, 0.6) is 0 Å². The molecule has 0 amide bonds. The summed E-state index contributed by atoms with van der Waals surface area (Å²) in [6.45, 7) is 3.79. The molecule has 0 aliphatic heterocycles. The Morgan fingerprint density at radius 1 is 1.05 bits per heavy atom. The van der Waals surface area contributed by atoms with E-state index in [0.717, 1.165) is 32.1 Å². The molecule has 4 nitrogen and oxygen atoms in total. The molecule has 2 fully saturated rings. The fourth-order valence-electron chi connectivity index (χ4n) is 4.07. The Morgan fingerprint density at radius 3 is 2.20 bits per heavy atom. The van der Waals surface area contributed by atoms with Crippen LogP contribution in [0.25, 0.3) is 0 Å². The molecule has 0 heterocycles. The zero-order chi connectivity index (χ0) is 14.9. The minimum atomic E-state index is -4.06. The van der Waals surface area contributed by atoms with Gasteiger partial charge in [-0.05, 0) is 37.5 Å². The van der Waals surface area contributed by atoms with Crippen molar-refractivity contribution in [3.63, 3.8) is 0 Å². The molecular weight excluding hydrogens is 276 g/mol. The average Bonchev–Trinajstić information content (AvgIpc) is 2.40. The first kappa shape index (κ1) is 16.0. The molecule has 20 heavy (non-hydrogen) atoms. The summed E-state index contributed by atoms with van der Waals surface area (Å²) in [5, 5.41) is -0.774. The highest BCUT2D eigenvalue weighted by molar-refractivity contribution is 7.86. The quantitative estimate of drug-likeness (QED) is 0.813. The van der Waals surface area contributed by atoms with Gasteiger partial charge in [-0.25, -0.2) is 0 Å². The van der Waals surface area contributed by atoms with Crippen LogP contribution in [0.4, 0.5) is 0 Å². The van der Waals surface area contributed by atoms with Gasteiger partial charge in [0.05, 0.1) is 5.25 Å². The molecule has 0 aromatic carbocycles. The lowest BCUT2D eigenvalue weighted by molar-refractivity contribution is -0.130. The lowest BCUT2D eigenvalue weighted by Crippen LogP contribution is -2.44. The Bertz CT molecular complexity index is 450. The van der Waals surface area contributed by atoms with Crippen molar-refractivity contribution in [1.29, 1.82) is 0 Å². The van der Waals surface area contributed by atoms with Crippen LogP contribution in [0.1, 0.15) is 58.8 Å². The molecule has 0 bridgehead atoms. The van der Waals surface area contributed by atoms with Crippen LogP contribution >= 0.6 is 0 Å². The normalized spacial score (nSPS) is 36.8. The smallest absolute Gasteiger partial charge is 0.268 e. The third-order valence-electron chi connectivity index (χ3n) is 5.27. The van der Waals surface area contributed by atoms with Crippen LogP contribution in [0.15, 0.2) is 0 Å². The fraction of sp³-hybridized carbons (Fsp3) is 0.933. The van der Waals surface area contributed by atoms with Crippen molar-refractivity contribution in [2.75, 3.05) is 0 Å². The van der Waals surface area contributed by atoms with E-state index < -0.39 is 15.4 Å². The van der Waals surface area contributed by atoms with Gasteiger partial charge in [0.25, 0.3) is 10.1 Å². The molecule has 0 aromatic rings. The van der Waals surface area contributed by atoms with Crippen molar-refractivity contribution in [2.45, 2.75) is 64.0 Å². The number of ketones is 1. The van der Waals surface area contributed by atoms with E-state index >= 15 is 0 Å². The third-order valence-corrected chi connectivity index (χ3v) is 6.65. The molecule has 2 rings (SSSR count). The van der Waals surface area contributed by atoms with Crippen molar-refractivity contribution < 1.29 is 17.8 Å². The molecule has 4 unspecified atom stereocenters. The van der Waals surface area contributed by atoms with Crippen molar-refractivity contribution >= 4 is 15.9 Å². The summed E-state index contributed by atoms with van der Waals surface area (Å²) in [6, 6.07) is 0. The van der Waals surface area contributed by atoms with E-state index in [1.165, 1.54) is 6.42 Å². The van der Waals surface area contributed by atoms with Gasteiger partial charge >= 0.3 is 0 Å². The maximum Gasteiger partial charge on any atom is 0.268 e. The molecule has 1 N–H and O–H groups in total. The summed E-state index contributed by atoms with van der Waals surface area (Å²) in [5.74, 6) is 0.0704. The van der Waals surface area contributed by atoms with Crippen LogP contribution < -0.4 is 0 Å². The van der Waals surface area contributed by atoms with Gasteiger partial charge < -0.3 is 0 Å². The van der Waals surface area contributed by atoms with Gasteiger partial charge in [-0.3, -0.25) is 9.35 Å². The highest BCUT2D eigenvalue weighted by Crippen LogP contribution is 2.40. The Kier molecular flexibility index (Phi) is 4.90. The predicted molar refractivity (Wildman–Crippen MR) is 78.0 cm³/mol. The first-order valence-electron chi connectivity index (χ1n) is 7.80.